The van der Waals surface area contributed by atoms with Gasteiger partial charge in [0.1, 0.15) is 11.2 Å². The number of fused-ring (bicyclic) bond motifs is 1. The fourth-order valence-electron chi connectivity index (χ4n) is 4.42. The lowest BCUT2D eigenvalue weighted by atomic mass is 9.49. The monoisotopic (exact) mass is 365 g/mol. The smallest absolute Gasteiger partial charge is 0.321 e. The van der Waals surface area contributed by atoms with Crippen molar-refractivity contribution >= 4 is 11.9 Å². The molecule has 1 fully saturated rings. The molecular formula is C21H35NO4. The maximum absolute atomic E-state index is 13.0. The first-order valence-corrected chi connectivity index (χ1v) is 9.68. The summed E-state index contributed by atoms with van der Waals surface area (Å²) in [5.74, 6) is -1.41. The second kappa shape index (κ2) is 6.99. The molecule has 2 aliphatic carbocycles. The molecule has 2 N–H and O–H groups in total. The number of carbonyl (C=O) groups is 2. The van der Waals surface area contributed by atoms with Gasteiger partial charge in [-0.25, -0.2) is 0 Å². The van der Waals surface area contributed by atoms with Crippen LogP contribution >= 0.6 is 0 Å². The third-order valence-corrected chi connectivity index (χ3v) is 5.45. The normalized spacial score (nSPS) is 28.3. The van der Waals surface area contributed by atoms with Crippen molar-refractivity contribution in [1.29, 1.82) is 0 Å². The van der Waals surface area contributed by atoms with Crippen LogP contribution in [-0.2, 0) is 19.1 Å². The van der Waals surface area contributed by atoms with Crippen LogP contribution in [0.3, 0.4) is 0 Å². The summed E-state index contributed by atoms with van der Waals surface area (Å²) in [7, 11) is 0. The average Bonchev–Trinajstić information content (AvgIpc) is 2.78. The first kappa shape index (κ1) is 20.9. The molecule has 3 atom stereocenters. The van der Waals surface area contributed by atoms with E-state index in [0.717, 1.165) is 19.3 Å². The molecule has 1 saturated carbocycles. The Balaban J connectivity index is 2.37. The lowest BCUT2D eigenvalue weighted by molar-refractivity contribution is -0.191. The van der Waals surface area contributed by atoms with Gasteiger partial charge in [-0.3, -0.25) is 9.59 Å². The lowest BCUT2D eigenvalue weighted by Crippen LogP contribution is -2.60. The summed E-state index contributed by atoms with van der Waals surface area (Å²) in [5, 5.41) is 0. The van der Waals surface area contributed by atoms with Crippen LogP contribution < -0.4 is 5.73 Å². The van der Waals surface area contributed by atoms with E-state index in [4.69, 9.17) is 15.2 Å². The highest BCUT2D eigenvalue weighted by molar-refractivity contribution is 5.96. The van der Waals surface area contributed by atoms with E-state index >= 15 is 0 Å². The molecule has 2 rings (SSSR count). The van der Waals surface area contributed by atoms with E-state index in [2.05, 4.69) is 13.0 Å². The zero-order valence-electron chi connectivity index (χ0n) is 17.3. The Labute approximate surface area is 157 Å². The molecular weight excluding hydrogens is 330 g/mol. The number of hydrogen-bond acceptors (Lipinski definition) is 5. The molecule has 2 aliphatic rings. The zero-order chi connectivity index (χ0) is 19.9. The maximum Gasteiger partial charge on any atom is 0.321 e. The number of ether oxygens (including phenoxy) is 2. The van der Waals surface area contributed by atoms with Crippen molar-refractivity contribution in [3.63, 3.8) is 0 Å². The van der Waals surface area contributed by atoms with Crippen molar-refractivity contribution in [2.45, 2.75) is 78.9 Å². The van der Waals surface area contributed by atoms with Crippen LogP contribution in [0.1, 0.15) is 67.7 Å². The summed E-state index contributed by atoms with van der Waals surface area (Å²) in [4.78, 5) is 26.0. The summed E-state index contributed by atoms with van der Waals surface area (Å²) in [6, 6.07) is 0. The summed E-state index contributed by atoms with van der Waals surface area (Å²) in [6.07, 6.45) is 5.04. The second-order valence-electron chi connectivity index (χ2n) is 9.81. The molecule has 0 aromatic rings. The number of hydrogen-bond donors (Lipinski definition) is 1. The van der Waals surface area contributed by atoms with Crippen LogP contribution in [0.5, 0.6) is 0 Å². The van der Waals surface area contributed by atoms with Gasteiger partial charge in [0.05, 0.1) is 0 Å². The van der Waals surface area contributed by atoms with Gasteiger partial charge < -0.3 is 15.2 Å². The fraction of sp³-hybridized carbons (Fsp3) is 0.810. The molecule has 0 aromatic carbocycles. The Hall–Kier alpha value is -1.36. The third-order valence-electron chi connectivity index (χ3n) is 5.45. The predicted molar refractivity (Wildman–Crippen MR) is 101 cm³/mol. The van der Waals surface area contributed by atoms with Gasteiger partial charge in [0.25, 0.3) is 0 Å². The van der Waals surface area contributed by atoms with Crippen molar-refractivity contribution in [2.24, 2.45) is 28.9 Å². The van der Waals surface area contributed by atoms with Crippen LogP contribution in [0.2, 0.25) is 0 Å². The van der Waals surface area contributed by atoms with Crippen molar-refractivity contribution in [1.82, 2.24) is 0 Å². The van der Waals surface area contributed by atoms with Crippen molar-refractivity contribution < 1.29 is 19.1 Å². The minimum Gasteiger partial charge on any atom is -0.459 e. The first-order chi connectivity index (χ1) is 11.8. The molecule has 0 radical (unpaired) electrons. The topological polar surface area (TPSA) is 78.6 Å². The van der Waals surface area contributed by atoms with Gasteiger partial charge in [-0.1, -0.05) is 18.6 Å². The van der Waals surface area contributed by atoms with E-state index in [-0.39, 0.29) is 12.5 Å². The van der Waals surface area contributed by atoms with Gasteiger partial charge >= 0.3 is 11.9 Å². The van der Waals surface area contributed by atoms with E-state index in [9.17, 15) is 9.59 Å². The first-order valence-electron chi connectivity index (χ1n) is 9.68. The van der Waals surface area contributed by atoms with Crippen molar-refractivity contribution in [3.05, 3.63) is 11.6 Å². The third kappa shape index (κ3) is 4.13. The number of nitrogens with two attached hydrogens (primary N) is 1. The van der Waals surface area contributed by atoms with Crippen LogP contribution in [0.4, 0.5) is 0 Å². The van der Waals surface area contributed by atoms with Crippen molar-refractivity contribution in [3.8, 4) is 0 Å². The number of carbonyl (C=O) groups excluding carboxylic acids is 2. The Morgan fingerprint density at radius 3 is 2.04 bits per heavy atom. The molecule has 0 aromatic heterocycles. The van der Waals surface area contributed by atoms with Crippen molar-refractivity contribution in [2.75, 3.05) is 6.54 Å². The second-order valence-corrected chi connectivity index (χ2v) is 9.81. The standard InChI is InChI=1S/C21H35NO4/c1-8-13-9-14-11-21(12-22,15(14)10-13)16(17(23)25-19(2,3)4)18(24)26-20(5,6)7/h10,14-16H,8-9,11-12,22H2,1-7H3/t14-,15-,21-/m1/s1. The average molecular weight is 366 g/mol. The van der Waals surface area contributed by atoms with E-state index in [1.165, 1.54) is 5.57 Å². The van der Waals surface area contributed by atoms with Gasteiger partial charge in [0, 0.05) is 5.41 Å². The number of rotatable bonds is 5. The van der Waals surface area contributed by atoms with Gasteiger partial charge in [-0.15, -0.1) is 0 Å². The number of allylic oxidation sites excluding steroid dienone is 2. The molecule has 148 valence electrons. The Morgan fingerprint density at radius 1 is 1.15 bits per heavy atom. The molecule has 0 saturated heterocycles. The SMILES string of the molecule is CCC1=C[C@@H]2[C@H](C1)C[C@]2(CN)C(C(=O)OC(C)(C)C)C(=O)OC(C)(C)C. The molecule has 5 heteroatoms. The Morgan fingerprint density at radius 2 is 1.65 bits per heavy atom. The number of esters is 2. The highest BCUT2D eigenvalue weighted by Crippen LogP contribution is 2.61. The van der Waals surface area contributed by atoms with Crippen LogP contribution in [0, 0.1) is 23.2 Å². The highest BCUT2D eigenvalue weighted by atomic mass is 16.6. The van der Waals surface area contributed by atoms with E-state index < -0.39 is 34.5 Å². The lowest BCUT2D eigenvalue weighted by Gasteiger charge is -2.54. The van der Waals surface area contributed by atoms with Crippen LogP contribution in [-0.4, -0.2) is 29.7 Å². The minimum atomic E-state index is -0.986. The summed E-state index contributed by atoms with van der Waals surface area (Å²) < 4.78 is 11.2. The molecule has 0 unspecified atom stereocenters. The van der Waals surface area contributed by atoms with Crippen LogP contribution in [0.25, 0.3) is 0 Å². The molecule has 0 spiro atoms. The summed E-state index contributed by atoms with van der Waals surface area (Å²) in [5.41, 5.74) is 5.62. The van der Waals surface area contributed by atoms with E-state index in [1.54, 1.807) is 41.5 Å². The fourth-order valence-corrected chi connectivity index (χ4v) is 4.42. The van der Waals surface area contributed by atoms with Crippen LogP contribution in [0.15, 0.2) is 11.6 Å². The highest BCUT2D eigenvalue weighted by Gasteiger charge is 2.63. The summed E-state index contributed by atoms with van der Waals surface area (Å²) >= 11 is 0. The van der Waals surface area contributed by atoms with Gasteiger partial charge in [-0.05, 0) is 79.2 Å². The predicted octanol–water partition coefficient (Wildman–Crippen LogP) is 3.61. The molecule has 0 aliphatic heterocycles. The Kier molecular flexibility index (Phi) is 5.63. The summed E-state index contributed by atoms with van der Waals surface area (Å²) in [6.45, 7) is 13.2. The van der Waals surface area contributed by atoms with Gasteiger partial charge in [0.15, 0.2) is 5.92 Å². The zero-order valence-corrected chi connectivity index (χ0v) is 17.3. The van der Waals surface area contributed by atoms with Gasteiger partial charge in [-0.2, -0.15) is 0 Å². The molecule has 26 heavy (non-hydrogen) atoms. The maximum atomic E-state index is 13.0. The molecule has 0 bridgehead atoms. The van der Waals surface area contributed by atoms with Gasteiger partial charge in [0.2, 0.25) is 0 Å². The quantitative estimate of drug-likeness (QED) is 0.457. The largest absolute Gasteiger partial charge is 0.459 e. The van der Waals surface area contributed by atoms with E-state index in [1.807, 2.05) is 0 Å². The molecule has 0 amide bonds. The molecule has 0 heterocycles. The molecule has 5 nitrogen and oxygen atoms in total. The van der Waals surface area contributed by atoms with E-state index in [0.29, 0.717) is 5.92 Å². The Bertz CT molecular complexity index is 568. The minimum absolute atomic E-state index is 0.146.